The topological polar surface area (TPSA) is 177 Å². The molecular weight excluding hydrogens is 570 g/mol. The molecule has 13 heteroatoms. The van der Waals surface area contributed by atoms with Crippen LogP contribution in [0.2, 0.25) is 0 Å². The zero-order chi connectivity index (χ0) is 32.4. The van der Waals surface area contributed by atoms with Crippen molar-refractivity contribution in [2.75, 3.05) is 29.4 Å². The minimum atomic E-state index is -1.34. The third kappa shape index (κ3) is 7.83. The van der Waals surface area contributed by atoms with Gasteiger partial charge in [0.1, 0.15) is 23.0 Å². The molecule has 0 aromatic heterocycles. The smallest absolute Gasteiger partial charge is 0.335 e. The first-order valence-electron chi connectivity index (χ1n) is 13.8. The van der Waals surface area contributed by atoms with Crippen LogP contribution in [0, 0.1) is 5.92 Å². The number of anilines is 2. The lowest BCUT2D eigenvalue weighted by Gasteiger charge is -2.28. The molecule has 8 amide bonds. The largest absolute Gasteiger partial charge is 0.508 e. The molecular formula is C31H33N5O8. The van der Waals surface area contributed by atoms with Crippen LogP contribution < -0.4 is 20.4 Å². The third-order valence-corrected chi connectivity index (χ3v) is 6.65. The van der Waals surface area contributed by atoms with E-state index in [9.17, 15) is 39.0 Å². The molecule has 230 valence electrons. The molecule has 2 aliphatic rings. The molecule has 2 aromatic carbocycles. The van der Waals surface area contributed by atoms with Crippen molar-refractivity contribution in [3.63, 3.8) is 0 Å². The lowest BCUT2D eigenvalue weighted by molar-refractivity contribution is -0.132. The second-order valence-corrected chi connectivity index (χ2v) is 9.35. The molecule has 44 heavy (non-hydrogen) atoms. The SMILES string of the molecule is CCN(CC)CC.O=C1NC(=O)N(c2ccc(O)cc2)C(=O)C1=CC=CC=CC1C(=O)NC(=O)N(c2ccc(O)cc2)C1=O. The van der Waals surface area contributed by atoms with Gasteiger partial charge in [-0.1, -0.05) is 45.1 Å². The van der Waals surface area contributed by atoms with Crippen LogP contribution >= 0.6 is 0 Å². The van der Waals surface area contributed by atoms with Crippen LogP contribution in [-0.4, -0.2) is 70.4 Å². The Bertz CT molecular complexity index is 1500. The van der Waals surface area contributed by atoms with Gasteiger partial charge in [-0.2, -0.15) is 0 Å². The highest BCUT2D eigenvalue weighted by atomic mass is 16.3. The fourth-order valence-corrected chi connectivity index (χ4v) is 4.18. The minimum Gasteiger partial charge on any atom is -0.508 e. The third-order valence-electron chi connectivity index (χ3n) is 6.65. The molecule has 4 N–H and O–H groups in total. The number of hydrogen-bond acceptors (Lipinski definition) is 9. The van der Waals surface area contributed by atoms with E-state index in [0.717, 1.165) is 15.9 Å². The van der Waals surface area contributed by atoms with Gasteiger partial charge in [0.2, 0.25) is 5.91 Å². The van der Waals surface area contributed by atoms with E-state index in [2.05, 4.69) is 31.0 Å². The van der Waals surface area contributed by atoms with Gasteiger partial charge in [-0.3, -0.25) is 29.8 Å². The fraction of sp³-hybridized carbons (Fsp3) is 0.226. The van der Waals surface area contributed by atoms with Crippen LogP contribution in [0.5, 0.6) is 11.5 Å². The monoisotopic (exact) mass is 603 g/mol. The van der Waals surface area contributed by atoms with Crippen molar-refractivity contribution < 1.29 is 39.0 Å². The normalized spacial score (nSPS) is 18.3. The Hall–Kier alpha value is -5.56. The number of rotatable bonds is 8. The number of carbonyl (C=O) groups is 6. The van der Waals surface area contributed by atoms with Crippen molar-refractivity contribution in [2.24, 2.45) is 5.92 Å². The summed E-state index contributed by atoms with van der Waals surface area (Å²) in [5.41, 5.74) is -0.0638. The van der Waals surface area contributed by atoms with Gasteiger partial charge in [0.25, 0.3) is 17.7 Å². The minimum absolute atomic E-state index is 0.0684. The highest BCUT2D eigenvalue weighted by molar-refractivity contribution is 6.37. The zero-order valence-corrected chi connectivity index (χ0v) is 24.4. The summed E-state index contributed by atoms with van der Waals surface area (Å²) in [6.45, 7) is 10.1. The van der Waals surface area contributed by atoms with Crippen molar-refractivity contribution in [1.82, 2.24) is 15.5 Å². The van der Waals surface area contributed by atoms with Crippen LogP contribution in [-0.2, 0) is 19.2 Å². The van der Waals surface area contributed by atoms with Crippen molar-refractivity contribution >= 4 is 47.1 Å². The number of carbonyl (C=O) groups excluding carboxylic acids is 6. The number of nitrogens with one attached hydrogen (secondary N) is 2. The van der Waals surface area contributed by atoms with E-state index in [1.807, 2.05) is 5.32 Å². The summed E-state index contributed by atoms with van der Waals surface area (Å²) in [4.78, 5) is 78.2. The second-order valence-electron chi connectivity index (χ2n) is 9.35. The summed E-state index contributed by atoms with van der Waals surface area (Å²) in [7, 11) is 0. The first-order chi connectivity index (χ1) is 21.0. The molecule has 2 saturated heterocycles. The number of urea groups is 2. The quantitative estimate of drug-likeness (QED) is 0.153. The number of amides is 8. The highest BCUT2D eigenvalue weighted by Crippen LogP contribution is 2.24. The van der Waals surface area contributed by atoms with Gasteiger partial charge < -0.3 is 15.1 Å². The Balaban J connectivity index is 0.000000676. The number of barbiturate groups is 2. The number of benzene rings is 2. The van der Waals surface area contributed by atoms with Gasteiger partial charge in [0.15, 0.2) is 0 Å². The summed E-state index contributed by atoms with van der Waals surface area (Å²) in [6.07, 6.45) is 6.33. The van der Waals surface area contributed by atoms with Crippen molar-refractivity contribution in [3.8, 4) is 11.5 Å². The lowest BCUT2D eigenvalue weighted by atomic mass is 10.0. The van der Waals surface area contributed by atoms with Gasteiger partial charge in [-0.05, 0) is 74.2 Å². The Morgan fingerprint density at radius 3 is 1.70 bits per heavy atom. The number of phenols is 2. The summed E-state index contributed by atoms with van der Waals surface area (Å²) in [5.74, 6) is -4.94. The number of allylic oxidation sites excluding steroid dienone is 4. The van der Waals surface area contributed by atoms with Crippen LogP contribution in [0.15, 0.2) is 84.5 Å². The molecule has 0 bridgehead atoms. The number of hydrogen-bond donors (Lipinski definition) is 4. The van der Waals surface area contributed by atoms with Gasteiger partial charge >= 0.3 is 12.1 Å². The first kappa shape index (κ1) is 32.9. The Morgan fingerprint density at radius 1 is 0.705 bits per heavy atom. The lowest BCUT2D eigenvalue weighted by Crippen LogP contribution is -2.57. The maximum atomic E-state index is 12.8. The van der Waals surface area contributed by atoms with Crippen molar-refractivity contribution in [2.45, 2.75) is 20.8 Å². The van der Waals surface area contributed by atoms with E-state index < -0.39 is 41.6 Å². The second kappa shape index (κ2) is 15.1. The predicted molar refractivity (Wildman–Crippen MR) is 162 cm³/mol. The first-order valence-corrected chi connectivity index (χ1v) is 13.8. The Labute approximate surface area is 253 Å². The molecule has 2 aliphatic heterocycles. The van der Waals surface area contributed by atoms with E-state index in [-0.39, 0.29) is 28.4 Å². The summed E-state index contributed by atoms with van der Waals surface area (Å²) >= 11 is 0. The van der Waals surface area contributed by atoms with Crippen LogP contribution in [0.25, 0.3) is 0 Å². The van der Waals surface area contributed by atoms with Crippen molar-refractivity contribution in [3.05, 3.63) is 84.5 Å². The molecule has 0 saturated carbocycles. The van der Waals surface area contributed by atoms with E-state index in [1.165, 1.54) is 92.5 Å². The molecule has 2 aromatic rings. The van der Waals surface area contributed by atoms with E-state index in [1.54, 1.807) is 0 Å². The Kier molecular flexibility index (Phi) is 11.3. The number of phenolic OH excluding ortho intramolecular Hbond substituents is 2. The Morgan fingerprint density at radius 2 is 1.20 bits per heavy atom. The molecule has 2 heterocycles. The standard InChI is InChI=1S/C25H18N4O8.C6H15N/c30-16-10-6-14(7-11-16)28-22(34)18(20(32)26-24(28)36)4-2-1-3-5-19-21(33)27-25(37)29(23(19)35)15-8-12-17(31)13-9-15;1-4-7(5-2)6-3/h1-13,18,30-31H,(H,26,32,36)(H,27,33,37);4-6H2,1-3H3. The molecule has 2 fully saturated rings. The molecule has 13 nitrogen and oxygen atoms in total. The maximum Gasteiger partial charge on any atom is 0.335 e. The summed E-state index contributed by atoms with van der Waals surface area (Å²) in [6, 6.07) is 8.59. The fourth-order valence-electron chi connectivity index (χ4n) is 4.18. The number of nitrogens with zero attached hydrogens (tertiary/aromatic N) is 3. The molecule has 0 aliphatic carbocycles. The summed E-state index contributed by atoms with van der Waals surface area (Å²) < 4.78 is 0. The molecule has 0 radical (unpaired) electrons. The van der Waals surface area contributed by atoms with Crippen LogP contribution in [0.4, 0.5) is 21.0 Å². The number of imide groups is 4. The van der Waals surface area contributed by atoms with E-state index in [0.29, 0.717) is 0 Å². The molecule has 0 spiro atoms. The summed E-state index contributed by atoms with van der Waals surface area (Å²) in [5, 5.41) is 23.0. The van der Waals surface area contributed by atoms with Gasteiger partial charge in [-0.15, -0.1) is 0 Å². The predicted octanol–water partition coefficient (Wildman–Crippen LogP) is 2.97. The van der Waals surface area contributed by atoms with Gasteiger partial charge in [-0.25, -0.2) is 19.4 Å². The number of aromatic hydroxyl groups is 2. The van der Waals surface area contributed by atoms with Crippen molar-refractivity contribution in [1.29, 1.82) is 0 Å². The van der Waals surface area contributed by atoms with E-state index in [4.69, 9.17) is 0 Å². The highest BCUT2D eigenvalue weighted by Gasteiger charge is 2.40. The van der Waals surface area contributed by atoms with E-state index >= 15 is 0 Å². The molecule has 1 atom stereocenters. The van der Waals surface area contributed by atoms with Crippen LogP contribution in [0.1, 0.15) is 20.8 Å². The maximum absolute atomic E-state index is 12.8. The molecule has 1 unspecified atom stereocenters. The van der Waals surface area contributed by atoms with Gasteiger partial charge in [0, 0.05) is 0 Å². The van der Waals surface area contributed by atoms with Gasteiger partial charge in [0.05, 0.1) is 11.4 Å². The average Bonchev–Trinajstić information content (AvgIpc) is 2.99. The molecule has 4 rings (SSSR count). The zero-order valence-electron chi connectivity index (χ0n) is 24.4. The van der Waals surface area contributed by atoms with Crippen LogP contribution in [0.3, 0.4) is 0 Å². The average molecular weight is 604 g/mol.